The van der Waals surface area contributed by atoms with Crippen LogP contribution in [0.15, 0.2) is 84.4 Å². The van der Waals surface area contributed by atoms with E-state index < -0.39 is 42.3 Å². The largest absolute Gasteiger partial charge is 0.505 e. The van der Waals surface area contributed by atoms with Crippen LogP contribution in [-0.4, -0.2) is 46.1 Å². The van der Waals surface area contributed by atoms with E-state index in [4.69, 9.17) is 4.74 Å². The van der Waals surface area contributed by atoms with Crippen LogP contribution in [0.3, 0.4) is 0 Å². The average Bonchev–Trinajstić information content (AvgIpc) is 3.11. The molecular weight excluding hydrogens is 448 g/mol. The van der Waals surface area contributed by atoms with Crippen molar-refractivity contribution >= 4 is 11.9 Å². The predicted octanol–water partition coefficient (Wildman–Crippen LogP) is 5.62. The van der Waals surface area contributed by atoms with E-state index in [9.17, 15) is 24.9 Å². The molecule has 0 saturated heterocycles. The van der Waals surface area contributed by atoms with E-state index in [2.05, 4.69) is 72.4 Å². The predicted molar refractivity (Wildman–Crippen MR) is 137 cm³/mol. The van der Waals surface area contributed by atoms with Crippen LogP contribution in [0.2, 0.25) is 0 Å². The molecule has 0 unspecified atom stereocenters. The molecule has 0 aromatic heterocycles. The monoisotopic (exact) mass is 486 g/mol. The molecule has 7 heteroatoms. The fourth-order valence-electron chi connectivity index (χ4n) is 2.91. The van der Waals surface area contributed by atoms with Crippen LogP contribution in [-0.2, 0) is 19.1 Å². The van der Waals surface area contributed by atoms with Crippen LogP contribution >= 0.6 is 0 Å². The Bertz CT molecular complexity index is 843. The number of aliphatic hydroxyl groups is 3. The molecule has 192 valence electrons. The summed E-state index contributed by atoms with van der Waals surface area (Å²) in [5.74, 6) is -3.37. The molecule has 0 aromatic rings. The molecule has 1 aliphatic heterocycles. The van der Waals surface area contributed by atoms with Crippen molar-refractivity contribution in [2.75, 3.05) is 6.61 Å². The highest BCUT2D eigenvalue weighted by atomic mass is 16.6. The molecule has 0 bridgehead atoms. The van der Waals surface area contributed by atoms with Gasteiger partial charge in [-0.05, 0) is 44.9 Å². The van der Waals surface area contributed by atoms with Crippen LogP contribution in [0.25, 0.3) is 0 Å². The van der Waals surface area contributed by atoms with E-state index in [1.807, 2.05) is 12.2 Å². The number of cyclic esters (lactones) is 1. The molecule has 0 amide bonds. The first-order chi connectivity index (χ1) is 17.0. The summed E-state index contributed by atoms with van der Waals surface area (Å²) < 4.78 is 9.51. The highest BCUT2D eigenvalue weighted by Crippen LogP contribution is 2.21. The van der Waals surface area contributed by atoms with Gasteiger partial charge in [0.1, 0.15) is 12.7 Å². The molecule has 0 radical (unpaired) electrons. The molecule has 2 atom stereocenters. The molecule has 35 heavy (non-hydrogen) atoms. The third-order valence-corrected chi connectivity index (χ3v) is 4.82. The third kappa shape index (κ3) is 13.9. The lowest BCUT2D eigenvalue weighted by Gasteiger charge is -2.16. The number of hydrogen-bond acceptors (Lipinski definition) is 7. The minimum Gasteiger partial charge on any atom is -0.505 e. The molecule has 1 rings (SSSR count). The SMILES string of the molecule is CC/C=C\C/C=C\C/C=C\C/C=C\C/C=C\C/C=C\CCC(=O)OC[C@H](O)[C@H]1OC(=O)C(O)=C1O. The lowest BCUT2D eigenvalue weighted by molar-refractivity contribution is -0.154. The summed E-state index contributed by atoms with van der Waals surface area (Å²) in [7, 11) is 0. The first kappa shape index (κ1) is 29.7. The molecule has 7 nitrogen and oxygen atoms in total. The van der Waals surface area contributed by atoms with E-state index in [1.165, 1.54) is 0 Å². The van der Waals surface area contributed by atoms with Crippen molar-refractivity contribution in [3.63, 3.8) is 0 Å². The molecule has 0 aliphatic carbocycles. The van der Waals surface area contributed by atoms with Crippen molar-refractivity contribution < 1.29 is 34.4 Å². The molecule has 0 fully saturated rings. The van der Waals surface area contributed by atoms with Crippen molar-refractivity contribution in [2.45, 2.75) is 70.5 Å². The molecule has 0 saturated carbocycles. The van der Waals surface area contributed by atoms with Gasteiger partial charge >= 0.3 is 11.9 Å². The number of carbonyl (C=O) groups excluding carboxylic acids is 2. The lowest BCUT2D eigenvalue weighted by atomic mass is 10.2. The number of esters is 2. The number of hydrogen-bond donors (Lipinski definition) is 3. The van der Waals surface area contributed by atoms with Gasteiger partial charge in [0, 0.05) is 6.42 Å². The maximum absolute atomic E-state index is 11.7. The first-order valence-corrected chi connectivity index (χ1v) is 12.0. The normalized spacial score (nSPS) is 17.9. The summed E-state index contributed by atoms with van der Waals surface area (Å²) in [6, 6.07) is 0. The first-order valence-electron chi connectivity index (χ1n) is 12.0. The average molecular weight is 487 g/mol. The summed E-state index contributed by atoms with van der Waals surface area (Å²) in [6.07, 6.45) is 28.6. The Balaban J connectivity index is 2.04. The van der Waals surface area contributed by atoms with Crippen LogP contribution in [0.1, 0.15) is 58.3 Å². The van der Waals surface area contributed by atoms with Gasteiger partial charge in [0.15, 0.2) is 11.9 Å². The maximum Gasteiger partial charge on any atom is 0.377 e. The van der Waals surface area contributed by atoms with Crippen molar-refractivity contribution in [3.05, 3.63) is 84.4 Å². The number of rotatable bonds is 17. The summed E-state index contributed by atoms with van der Waals surface area (Å²) in [5.41, 5.74) is 0. The Hall–Kier alpha value is -3.32. The highest BCUT2D eigenvalue weighted by Gasteiger charge is 2.39. The van der Waals surface area contributed by atoms with Gasteiger partial charge in [-0.2, -0.15) is 0 Å². The summed E-state index contributed by atoms with van der Waals surface area (Å²) >= 11 is 0. The van der Waals surface area contributed by atoms with Gasteiger partial charge in [-0.3, -0.25) is 4.79 Å². The fraction of sp³-hybridized carbons (Fsp3) is 0.429. The number of carbonyl (C=O) groups is 2. The van der Waals surface area contributed by atoms with Crippen LogP contribution in [0, 0.1) is 0 Å². The van der Waals surface area contributed by atoms with Gasteiger partial charge < -0.3 is 24.8 Å². The van der Waals surface area contributed by atoms with Gasteiger partial charge in [-0.25, -0.2) is 4.79 Å². The minimum atomic E-state index is -1.46. The summed E-state index contributed by atoms with van der Waals surface area (Å²) in [4.78, 5) is 22.8. The summed E-state index contributed by atoms with van der Waals surface area (Å²) in [5, 5.41) is 28.5. The zero-order valence-electron chi connectivity index (χ0n) is 20.4. The van der Waals surface area contributed by atoms with Crippen LogP contribution in [0.5, 0.6) is 0 Å². The van der Waals surface area contributed by atoms with E-state index in [1.54, 1.807) is 0 Å². The second kappa shape index (κ2) is 19.0. The molecule has 1 aliphatic rings. The Morgan fingerprint density at radius 3 is 1.74 bits per heavy atom. The lowest BCUT2D eigenvalue weighted by Crippen LogP contribution is -2.33. The van der Waals surface area contributed by atoms with Crippen molar-refractivity contribution in [1.82, 2.24) is 0 Å². The second-order valence-corrected chi connectivity index (χ2v) is 7.76. The van der Waals surface area contributed by atoms with Gasteiger partial charge in [0.05, 0.1) is 0 Å². The number of allylic oxidation sites excluding steroid dienone is 12. The van der Waals surface area contributed by atoms with Gasteiger partial charge in [0.25, 0.3) is 0 Å². The van der Waals surface area contributed by atoms with Gasteiger partial charge in [0.2, 0.25) is 5.76 Å². The van der Waals surface area contributed by atoms with Crippen molar-refractivity contribution in [2.24, 2.45) is 0 Å². The molecular formula is C28H38O7. The second-order valence-electron chi connectivity index (χ2n) is 7.76. The van der Waals surface area contributed by atoms with Crippen LogP contribution < -0.4 is 0 Å². The standard InChI is InChI=1S/C28H38O7/c1-2-3-4-5-6-7-8-9-10-11-12-13-14-15-16-17-18-19-20-21-24(30)34-22-23(29)27-25(31)26(32)28(33)35-27/h3-4,6-7,9-10,12-13,15-16,18-19,23,27,29,31-32H,2,5,8,11,14,17,20-22H2,1H3/b4-3-,7-6-,10-9-,13-12-,16-15-,19-18-/t23-,27+/m0/s1. The Morgan fingerprint density at radius 2 is 1.31 bits per heavy atom. The molecule has 0 aromatic carbocycles. The minimum absolute atomic E-state index is 0.131. The zero-order valence-corrected chi connectivity index (χ0v) is 20.4. The van der Waals surface area contributed by atoms with E-state index in [0.29, 0.717) is 6.42 Å². The van der Waals surface area contributed by atoms with Crippen LogP contribution in [0.4, 0.5) is 0 Å². The number of aliphatic hydroxyl groups excluding tert-OH is 3. The molecule has 1 heterocycles. The smallest absolute Gasteiger partial charge is 0.377 e. The molecule has 0 spiro atoms. The molecule has 3 N–H and O–H groups in total. The third-order valence-electron chi connectivity index (χ3n) is 4.82. The quantitative estimate of drug-likeness (QED) is 0.181. The van der Waals surface area contributed by atoms with Crippen molar-refractivity contribution in [1.29, 1.82) is 0 Å². The Morgan fingerprint density at radius 1 is 0.857 bits per heavy atom. The van der Waals surface area contributed by atoms with Crippen molar-refractivity contribution in [3.8, 4) is 0 Å². The zero-order chi connectivity index (χ0) is 25.7. The number of ether oxygens (including phenoxy) is 2. The highest BCUT2D eigenvalue weighted by molar-refractivity contribution is 5.89. The van der Waals surface area contributed by atoms with Gasteiger partial charge in [-0.15, -0.1) is 0 Å². The fourth-order valence-corrected chi connectivity index (χ4v) is 2.91. The maximum atomic E-state index is 11.7. The Kier molecular flexibility index (Phi) is 16.2. The van der Waals surface area contributed by atoms with Gasteiger partial charge in [-0.1, -0.05) is 79.8 Å². The van der Waals surface area contributed by atoms with E-state index in [-0.39, 0.29) is 6.42 Å². The summed E-state index contributed by atoms with van der Waals surface area (Å²) in [6.45, 7) is 1.67. The van der Waals surface area contributed by atoms with E-state index in [0.717, 1.165) is 38.5 Å². The topological polar surface area (TPSA) is 113 Å². The van der Waals surface area contributed by atoms with E-state index >= 15 is 0 Å². The Labute approximate surface area is 208 Å².